The van der Waals surface area contributed by atoms with Crippen molar-refractivity contribution in [1.82, 2.24) is 9.88 Å². The summed E-state index contributed by atoms with van der Waals surface area (Å²) in [6.07, 6.45) is 5.47. The van der Waals surface area contributed by atoms with E-state index in [4.69, 9.17) is 9.47 Å². The van der Waals surface area contributed by atoms with Crippen molar-refractivity contribution in [3.05, 3.63) is 59.8 Å². The van der Waals surface area contributed by atoms with Gasteiger partial charge in [0, 0.05) is 23.6 Å². The number of aromatic amines is 1. The maximum Gasteiger partial charge on any atom is 0.119 e. The highest BCUT2D eigenvalue weighted by Crippen LogP contribution is 2.33. The Hall–Kier alpha value is -2.97. The Morgan fingerprint density at radius 2 is 1.86 bits per heavy atom. The summed E-state index contributed by atoms with van der Waals surface area (Å²) in [4.78, 5) is 5.90. The van der Waals surface area contributed by atoms with Crippen molar-refractivity contribution in [2.45, 2.75) is 25.2 Å². The van der Waals surface area contributed by atoms with Crippen LogP contribution in [0.15, 0.2) is 48.7 Å². The first-order chi connectivity index (χ1) is 14.3. The smallest absolute Gasteiger partial charge is 0.119 e. The fourth-order valence-electron chi connectivity index (χ4n) is 4.17. The van der Waals surface area contributed by atoms with Gasteiger partial charge in [-0.2, -0.15) is 5.26 Å². The largest absolute Gasteiger partial charge is 0.497 e. The van der Waals surface area contributed by atoms with Crippen LogP contribution < -0.4 is 9.47 Å². The first-order valence-electron chi connectivity index (χ1n) is 10.3. The molecule has 1 aromatic heterocycles. The molecule has 0 amide bonds. The number of nitrogens with zero attached hydrogens (tertiary/aromatic N) is 2. The van der Waals surface area contributed by atoms with Gasteiger partial charge in [-0.25, -0.2) is 0 Å². The van der Waals surface area contributed by atoms with Gasteiger partial charge in [0.05, 0.1) is 25.3 Å². The minimum atomic E-state index is 0.560. The number of likely N-dealkylation sites (tertiary alicyclic amines) is 1. The number of aromatic nitrogens is 1. The number of H-pyrrole nitrogens is 1. The summed E-state index contributed by atoms with van der Waals surface area (Å²) in [6.45, 7) is 4.01. The molecular formula is C24H27N3O2. The zero-order valence-electron chi connectivity index (χ0n) is 16.9. The zero-order valence-corrected chi connectivity index (χ0v) is 16.9. The van der Waals surface area contributed by atoms with Crippen molar-refractivity contribution in [3.8, 4) is 17.6 Å². The Bertz CT molecular complexity index is 980. The third-order valence-corrected chi connectivity index (χ3v) is 5.82. The maximum atomic E-state index is 9.19. The minimum absolute atomic E-state index is 0.560. The summed E-state index contributed by atoms with van der Waals surface area (Å²) in [5.74, 6) is 2.30. The molecule has 1 N–H and O–H groups in total. The second-order valence-corrected chi connectivity index (χ2v) is 7.61. The van der Waals surface area contributed by atoms with Crippen LogP contribution >= 0.6 is 0 Å². The van der Waals surface area contributed by atoms with Crippen molar-refractivity contribution >= 4 is 10.9 Å². The van der Waals surface area contributed by atoms with Crippen molar-refractivity contribution in [2.75, 3.05) is 33.4 Å². The van der Waals surface area contributed by atoms with Gasteiger partial charge < -0.3 is 19.4 Å². The number of hydrogen-bond donors (Lipinski definition) is 1. The van der Waals surface area contributed by atoms with Gasteiger partial charge in [0.25, 0.3) is 0 Å². The third-order valence-electron chi connectivity index (χ3n) is 5.82. The molecule has 4 rings (SSSR count). The number of hydrogen-bond acceptors (Lipinski definition) is 4. The van der Waals surface area contributed by atoms with E-state index in [2.05, 4.69) is 22.1 Å². The van der Waals surface area contributed by atoms with Gasteiger partial charge in [0.15, 0.2) is 0 Å². The summed E-state index contributed by atoms with van der Waals surface area (Å²) in [5, 5.41) is 10.4. The molecule has 150 valence electrons. The lowest BCUT2D eigenvalue weighted by molar-refractivity contribution is 0.193. The van der Waals surface area contributed by atoms with Crippen molar-refractivity contribution in [1.29, 1.82) is 5.26 Å². The van der Waals surface area contributed by atoms with E-state index < -0.39 is 0 Å². The molecule has 0 bridgehead atoms. The Morgan fingerprint density at radius 1 is 1.10 bits per heavy atom. The van der Waals surface area contributed by atoms with Gasteiger partial charge in [-0.05, 0) is 86.3 Å². The van der Waals surface area contributed by atoms with E-state index in [1.807, 2.05) is 42.5 Å². The Balaban J connectivity index is 1.24. The van der Waals surface area contributed by atoms with Gasteiger partial charge in [0.2, 0.25) is 0 Å². The van der Waals surface area contributed by atoms with Crippen LogP contribution in [-0.4, -0.2) is 43.2 Å². The van der Waals surface area contributed by atoms with Gasteiger partial charge in [-0.1, -0.05) is 0 Å². The summed E-state index contributed by atoms with van der Waals surface area (Å²) >= 11 is 0. The highest BCUT2D eigenvalue weighted by Gasteiger charge is 2.22. The van der Waals surface area contributed by atoms with Crippen LogP contribution in [0.3, 0.4) is 0 Å². The molecule has 29 heavy (non-hydrogen) atoms. The molecule has 0 saturated carbocycles. The van der Waals surface area contributed by atoms with E-state index in [9.17, 15) is 5.26 Å². The SMILES string of the molecule is COc1ccc(OCCCN2CCC(c3c[nH]c4ccc(C#N)cc34)CC2)cc1. The summed E-state index contributed by atoms with van der Waals surface area (Å²) < 4.78 is 11.0. The molecule has 2 aromatic carbocycles. The molecule has 1 aliphatic heterocycles. The molecule has 2 heterocycles. The third kappa shape index (κ3) is 4.55. The fraction of sp³-hybridized carbons (Fsp3) is 0.375. The number of rotatable bonds is 7. The van der Waals surface area contributed by atoms with Crippen molar-refractivity contribution in [2.24, 2.45) is 0 Å². The highest BCUT2D eigenvalue weighted by atomic mass is 16.5. The van der Waals surface area contributed by atoms with Crippen LogP contribution in [0.4, 0.5) is 0 Å². The minimum Gasteiger partial charge on any atom is -0.497 e. The average Bonchev–Trinajstić information content (AvgIpc) is 3.20. The lowest BCUT2D eigenvalue weighted by atomic mass is 9.89. The quantitative estimate of drug-likeness (QED) is 0.595. The molecule has 5 nitrogen and oxygen atoms in total. The van der Waals surface area contributed by atoms with Gasteiger partial charge >= 0.3 is 0 Å². The van der Waals surface area contributed by atoms with Crippen LogP contribution in [0, 0.1) is 11.3 Å². The van der Waals surface area contributed by atoms with E-state index in [0.29, 0.717) is 5.92 Å². The molecular weight excluding hydrogens is 362 g/mol. The highest BCUT2D eigenvalue weighted by molar-refractivity contribution is 5.85. The Labute approximate surface area is 171 Å². The molecule has 0 spiro atoms. The predicted octanol–water partition coefficient (Wildman–Crippen LogP) is 4.70. The fourth-order valence-corrected chi connectivity index (χ4v) is 4.17. The van der Waals surface area contributed by atoms with Crippen LogP contribution in [0.2, 0.25) is 0 Å². The molecule has 0 unspecified atom stereocenters. The molecule has 1 aliphatic rings. The Morgan fingerprint density at radius 3 is 2.59 bits per heavy atom. The Kier molecular flexibility index (Phi) is 6.02. The lowest BCUT2D eigenvalue weighted by Gasteiger charge is -2.31. The predicted molar refractivity (Wildman–Crippen MR) is 115 cm³/mol. The second kappa shape index (κ2) is 9.02. The van der Waals surface area contributed by atoms with E-state index in [1.165, 1.54) is 10.9 Å². The average molecular weight is 389 g/mol. The van der Waals surface area contributed by atoms with Crippen molar-refractivity contribution in [3.63, 3.8) is 0 Å². The zero-order chi connectivity index (χ0) is 20.1. The normalized spacial score (nSPS) is 15.3. The summed E-state index contributed by atoms with van der Waals surface area (Å²) in [7, 11) is 1.67. The topological polar surface area (TPSA) is 61.3 Å². The number of methoxy groups -OCH3 is 1. The monoisotopic (exact) mass is 389 g/mol. The molecule has 1 fully saturated rings. The van der Waals surface area contributed by atoms with Crippen LogP contribution in [-0.2, 0) is 0 Å². The number of nitrogens with one attached hydrogen (secondary N) is 1. The number of nitriles is 1. The van der Waals surface area contributed by atoms with Crippen LogP contribution in [0.1, 0.15) is 36.3 Å². The summed E-state index contributed by atoms with van der Waals surface area (Å²) in [5.41, 5.74) is 3.21. The number of benzene rings is 2. The van der Waals surface area contributed by atoms with E-state index in [-0.39, 0.29) is 0 Å². The molecule has 1 saturated heterocycles. The number of fused-ring (bicyclic) bond motifs is 1. The van der Waals surface area contributed by atoms with Crippen LogP contribution in [0.25, 0.3) is 10.9 Å². The summed E-state index contributed by atoms with van der Waals surface area (Å²) in [6, 6.07) is 15.9. The number of piperidine rings is 1. The molecule has 0 atom stereocenters. The molecule has 0 radical (unpaired) electrons. The van der Waals surface area contributed by atoms with Gasteiger partial charge in [-0.3, -0.25) is 0 Å². The van der Waals surface area contributed by atoms with Crippen molar-refractivity contribution < 1.29 is 9.47 Å². The van der Waals surface area contributed by atoms with E-state index >= 15 is 0 Å². The molecule has 5 heteroatoms. The van der Waals surface area contributed by atoms with Gasteiger partial charge in [0.1, 0.15) is 11.5 Å². The van der Waals surface area contributed by atoms with Crippen LogP contribution in [0.5, 0.6) is 11.5 Å². The molecule has 3 aromatic rings. The first kappa shape index (κ1) is 19.4. The van der Waals surface area contributed by atoms with E-state index in [1.54, 1.807) is 7.11 Å². The molecule has 0 aliphatic carbocycles. The second-order valence-electron chi connectivity index (χ2n) is 7.61. The van der Waals surface area contributed by atoms with Gasteiger partial charge in [-0.15, -0.1) is 0 Å². The number of ether oxygens (including phenoxy) is 2. The first-order valence-corrected chi connectivity index (χ1v) is 10.3. The lowest BCUT2D eigenvalue weighted by Crippen LogP contribution is -2.34. The van der Waals surface area contributed by atoms with E-state index in [0.717, 1.165) is 68.1 Å². The standard InChI is InChI=1S/C24H27N3O2/c1-28-20-4-6-21(7-5-20)29-14-2-11-27-12-9-19(10-13-27)23-17-26-24-8-3-18(16-25)15-22(23)24/h3-8,15,17,19,26H,2,9-14H2,1H3. The maximum absolute atomic E-state index is 9.19.